The minimum absolute atomic E-state index is 0.106. The summed E-state index contributed by atoms with van der Waals surface area (Å²) < 4.78 is 53.1. The van der Waals surface area contributed by atoms with Gasteiger partial charge >= 0.3 is 6.18 Å². The van der Waals surface area contributed by atoms with E-state index in [1.807, 2.05) is 0 Å². The Labute approximate surface area is 163 Å². The number of nitrogens with zero attached hydrogens (tertiary/aromatic N) is 4. The van der Waals surface area contributed by atoms with Crippen molar-refractivity contribution in [2.75, 3.05) is 18.1 Å². The van der Waals surface area contributed by atoms with E-state index in [9.17, 15) is 22.4 Å². The molecule has 1 aromatic heterocycles. The summed E-state index contributed by atoms with van der Waals surface area (Å²) in [6.07, 6.45) is -2.82. The number of amides is 1. The third kappa shape index (κ3) is 4.94. The molecule has 0 bridgehead atoms. The number of halogens is 4. The van der Waals surface area contributed by atoms with Gasteiger partial charge in [0.15, 0.2) is 5.82 Å². The number of alkyl halides is 3. The Morgan fingerprint density at radius 2 is 2.11 bits per heavy atom. The Morgan fingerprint density at radius 3 is 2.71 bits per heavy atom. The summed E-state index contributed by atoms with van der Waals surface area (Å²) >= 11 is 0.891. The molecule has 0 saturated heterocycles. The first-order chi connectivity index (χ1) is 13.2. The standard InChI is InChI=1S/C17H19F4N5OS/c1-10(11-5-6-11)25(9-17(19,20)21)14(27)8-28-16-24-23-15(26(16)22)12-3-2-4-13(18)7-12/h2-4,7,10-11H,5-6,8-9,22H2,1H3/t10-/m1/s1. The minimum Gasteiger partial charge on any atom is -0.335 e. The molecule has 28 heavy (non-hydrogen) atoms. The highest BCUT2D eigenvalue weighted by Gasteiger charge is 2.40. The van der Waals surface area contributed by atoms with Crippen LogP contribution in [0.4, 0.5) is 17.6 Å². The zero-order valence-corrected chi connectivity index (χ0v) is 15.8. The Bertz CT molecular complexity index is 852. The molecule has 1 amide bonds. The van der Waals surface area contributed by atoms with E-state index in [2.05, 4.69) is 10.2 Å². The summed E-state index contributed by atoms with van der Waals surface area (Å²) in [5, 5.41) is 7.89. The van der Waals surface area contributed by atoms with Crippen LogP contribution in [0, 0.1) is 11.7 Å². The Hall–Kier alpha value is -2.30. The molecule has 0 radical (unpaired) electrons. The van der Waals surface area contributed by atoms with Crippen LogP contribution in [-0.4, -0.2) is 50.2 Å². The van der Waals surface area contributed by atoms with Gasteiger partial charge in [-0.05, 0) is 37.8 Å². The van der Waals surface area contributed by atoms with Crippen LogP contribution in [0.15, 0.2) is 29.4 Å². The van der Waals surface area contributed by atoms with E-state index in [0.717, 1.165) is 34.2 Å². The fraction of sp³-hybridized carbons (Fsp3) is 0.471. The van der Waals surface area contributed by atoms with Gasteiger partial charge < -0.3 is 10.7 Å². The molecule has 2 N–H and O–H groups in total. The maximum Gasteiger partial charge on any atom is 0.406 e. The van der Waals surface area contributed by atoms with Crippen LogP contribution in [-0.2, 0) is 4.79 Å². The van der Waals surface area contributed by atoms with Crippen molar-refractivity contribution >= 4 is 17.7 Å². The third-order valence-electron chi connectivity index (χ3n) is 4.54. The molecule has 0 aliphatic heterocycles. The molecule has 0 spiro atoms. The predicted molar refractivity (Wildman–Crippen MR) is 96.2 cm³/mol. The lowest BCUT2D eigenvalue weighted by Gasteiger charge is -2.30. The molecular weight excluding hydrogens is 398 g/mol. The van der Waals surface area contributed by atoms with Crippen molar-refractivity contribution in [2.45, 2.75) is 37.1 Å². The molecule has 1 aliphatic carbocycles. The summed E-state index contributed by atoms with van der Waals surface area (Å²) in [5.74, 6) is 4.83. The summed E-state index contributed by atoms with van der Waals surface area (Å²) in [5.41, 5.74) is 0.397. The summed E-state index contributed by atoms with van der Waals surface area (Å²) in [4.78, 5) is 13.3. The maximum atomic E-state index is 13.4. The highest BCUT2D eigenvalue weighted by atomic mass is 32.2. The van der Waals surface area contributed by atoms with Crippen LogP contribution in [0.1, 0.15) is 19.8 Å². The first kappa shape index (κ1) is 20.4. The average molecular weight is 417 g/mol. The number of hydrogen-bond acceptors (Lipinski definition) is 5. The van der Waals surface area contributed by atoms with Gasteiger partial charge in [-0.25, -0.2) is 9.07 Å². The van der Waals surface area contributed by atoms with Gasteiger partial charge in [-0.2, -0.15) is 13.2 Å². The number of hydrogen-bond donors (Lipinski definition) is 1. The van der Waals surface area contributed by atoms with E-state index in [4.69, 9.17) is 5.84 Å². The van der Waals surface area contributed by atoms with Crippen molar-refractivity contribution in [3.05, 3.63) is 30.1 Å². The molecule has 1 fully saturated rings. The Morgan fingerprint density at radius 1 is 1.39 bits per heavy atom. The smallest absolute Gasteiger partial charge is 0.335 e. The van der Waals surface area contributed by atoms with Crippen molar-refractivity contribution in [3.8, 4) is 11.4 Å². The van der Waals surface area contributed by atoms with Crippen molar-refractivity contribution in [1.82, 2.24) is 19.8 Å². The van der Waals surface area contributed by atoms with Gasteiger partial charge in [-0.1, -0.05) is 23.9 Å². The molecular formula is C17H19F4N5OS. The molecule has 1 aliphatic rings. The zero-order valence-electron chi connectivity index (χ0n) is 15.0. The van der Waals surface area contributed by atoms with E-state index < -0.39 is 30.5 Å². The van der Waals surface area contributed by atoms with E-state index >= 15 is 0 Å². The van der Waals surface area contributed by atoms with Gasteiger partial charge in [-0.15, -0.1) is 10.2 Å². The normalized spacial score (nSPS) is 15.5. The molecule has 6 nitrogen and oxygen atoms in total. The predicted octanol–water partition coefficient (Wildman–Crippen LogP) is 3.08. The number of rotatable bonds is 7. The first-order valence-corrected chi connectivity index (χ1v) is 9.59. The van der Waals surface area contributed by atoms with Crippen molar-refractivity contribution in [2.24, 2.45) is 5.92 Å². The van der Waals surface area contributed by atoms with Crippen LogP contribution in [0.5, 0.6) is 0 Å². The monoisotopic (exact) mass is 417 g/mol. The van der Waals surface area contributed by atoms with Crippen LogP contribution in [0.3, 0.4) is 0 Å². The number of nitrogen functional groups attached to an aromatic ring is 1. The van der Waals surface area contributed by atoms with E-state index in [0.29, 0.717) is 5.56 Å². The van der Waals surface area contributed by atoms with Gasteiger partial charge in [0, 0.05) is 11.6 Å². The Balaban J connectivity index is 1.69. The maximum absolute atomic E-state index is 13.4. The molecule has 11 heteroatoms. The van der Waals surface area contributed by atoms with Crippen LogP contribution < -0.4 is 5.84 Å². The highest BCUT2D eigenvalue weighted by Crippen LogP contribution is 2.36. The fourth-order valence-corrected chi connectivity index (χ4v) is 3.64. The lowest BCUT2D eigenvalue weighted by molar-refractivity contribution is -0.164. The van der Waals surface area contributed by atoms with Crippen LogP contribution >= 0.6 is 11.8 Å². The van der Waals surface area contributed by atoms with Crippen molar-refractivity contribution in [3.63, 3.8) is 0 Å². The van der Waals surface area contributed by atoms with E-state index in [1.54, 1.807) is 13.0 Å². The largest absolute Gasteiger partial charge is 0.406 e. The van der Waals surface area contributed by atoms with Crippen molar-refractivity contribution < 1.29 is 22.4 Å². The van der Waals surface area contributed by atoms with Gasteiger partial charge in [0.25, 0.3) is 0 Å². The summed E-state index contributed by atoms with van der Waals surface area (Å²) in [6.45, 7) is 0.355. The highest BCUT2D eigenvalue weighted by molar-refractivity contribution is 7.99. The molecule has 1 saturated carbocycles. The SMILES string of the molecule is C[C@H](C1CC1)N(CC(F)(F)F)C(=O)CSc1nnc(-c2cccc(F)c2)n1N. The van der Waals surface area contributed by atoms with Crippen LogP contribution in [0.2, 0.25) is 0 Å². The number of nitrogens with two attached hydrogens (primary N) is 1. The number of carbonyl (C=O) groups is 1. The van der Waals surface area contributed by atoms with Gasteiger partial charge in [0.05, 0.1) is 5.75 Å². The number of thioether (sulfide) groups is 1. The lowest BCUT2D eigenvalue weighted by atomic mass is 10.2. The van der Waals surface area contributed by atoms with Crippen molar-refractivity contribution in [1.29, 1.82) is 0 Å². The van der Waals surface area contributed by atoms with E-state index in [1.165, 1.54) is 18.2 Å². The number of aromatic nitrogens is 3. The molecule has 1 aromatic carbocycles. The van der Waals surface area contributed by atoms with Crippen LogP contribution in [0.25, 0.3) is 11.4 Å². The summed E-state index contributed by atoms with van der Waals surface area (Å²) in [6, 6.07) is 5.11. The second kappa shape index (κ2) is 7.98. The van der Waals surface area contributed by atoms with Gasteiger partial charge in [0.2, 0.25) is 11.1 Å². The first-order valence-electron chi connectivity index (χ1n) is 8.61. The Kier molecular flexibility index (Phi) is 5.82. The van der Waals surface area contributed by atoms with Gasteiger partial charge in [-0.3, -0.25) is 4.79 Å². The summed E-state index contributed by atoms with van der Waals surface area (Å²) in [7, 11) is 0. The number of benzene rings is 1. The quantitative estimate of drug-likeness (QED) is 0.426. The molecule has 3 rings (SSSR count). The molecule has 1 heterocycles. The lowest BCUT2D eigenvalue weighted by Crippen LogP contribution is -2.46. The fourth-order valence-electron chi connectivity index (χ4n) is 2.89. The molecule has 0 unspecified atom stereocenters. The van der Waals surface area contributed by atoms with E-state index in [-0.39, 0.29) is 22.7 Å². The molecule has 152 valence electrons. The zero-order chi connectivity index (χ0) is 20.5. The molecule has 1 atom stereocenters. The molecule has 2 aromatic rings. The minimum atomic E-state index is -4.47. The second-order valence-electron chi connectivity index (χ2n) is 6.69. The van der Waals surface area contributed by atoms with Gasteiger partial charge in [0.1, 0.15) is 12.4 Å². The average Bonchev–Trinajstić information content (AvgIpc) is 3.40. The second-order valence-corrected chi connectivity index (χ2v) is 7.63. The topological polar surface area (TPSA) is 77.0 Å². The third-order valence-corrected chi connectivity index (χ3v) is 5.47. The number of carbonyl (C=O) groups excluding carboxylic acids is 1.